The second-order valence-electron chi connectivity index (χ2n) is 32.6. The number of nitrogens with one attached hydrogen (secondary N) is 25. The molecule has 134 heavy (non-hydrogen) atoms. The lowest BCUT2D eigenvalue weighted by Crippen LogP contribution is -2.62. The molecule has 0 unspecified atom stereocenters. The molecule has 49 nitrogen and oxygen atoms in total. The van der Waals surface area contributed by atoms with E-state index in [1.165, 1.54) is 24.3 Å². The Morgan fingerprint density at radius 1 is 0.433 bits per heavy atom. The Labute approximate surface area is 792 Å². The molecule has 16 amide bonds. The van der Waals surface area contributed by atoms with Gasteiger partial charge in [-0.1, -0.05) is 134 Å². The second kappa shape index (κ2) is 60.6. The summed E-state index contributed by atoms with van der Waals surface area (Å²) < 4.78 is 0. The van der Waals surface area contributed by atoms with Crippen LogP contribution in [0.1, 0.15) is 130 Å². The van der Waals surface area contributed by atoms with Crippen molar-refractivity contribution in [2.24, 2.45) is 57.9 Å². The lowest BCUT2D eigenvalue weighted by molar-refractivity contribution is -0.136. The lowest BCUT2D eigenvalue weighted by atomic mass is 9.97. The first-order chi connectivity index (χ1) is 63.4. The normalized spacial score (nSPS) is 21.1. The Hall–Kier alpha value is -12.5. The average molecular weight is 1960 g/mol. The van der Waals surface area contributed by atoms with Crippen LogP contribution in [0, 0.1) is 44.8 Å². The van der Waals surface area contributed by atoms with Crippen LogP contribution in [0.3, 0.4) is 0 Å². The highest BCUT2D eigenvalue weighted by Gasteiger charge is 2.40. The predicted molar refractivity (Wildman–Crippen MR) is 510 cm³/mol. The van der Waals surface area contributed by atoms with Gasteiger partial charge in [0.1, 0.15) is 84.3 Å². The van der Waals surface area contributed by atoms with Crippen LogP contribution in [0.4, 0.5) is 0 Å². The van der Waals surface area contributed by atoms with E-state index in [2.05, 4.69) is 106 Å². The highest BCUT2D eigenvalue weighted by Crippen LogP contribution is 2.27. The van der Waals surface area contributed by atoms with Crippen LogP contribution < -0.4 is 146 Å². The molecule has 2 aromatic carbocycles. The van der Waals surface area contributed by atoms with Gasteiger partial charge in [0.25, 0.3) is 0 Å². The number of nitrogens with two attached hydrogens (primary N) is 7. The van der Waals surface area contributed by atoms with E-state index < -0.39 is 263 Å². The fourth-order valence-electron chi connectivity index (χ4n) is 13.2. The fraction of sp³-hybridized carbons (Fsp3) is 0.593. The van der Waals surface area contributed by atoms with Crippen molar-refractivity contribution < 1.29 is 81.8 Å². The minimum absolute atomic E-state index is 0.00599. The molecule has 2 heterocycles. The van der Waals surface area contributed by atoms with Gasteiger partial charge in [0.15, 0.2) is 29.8 Å². The highest BCUT2D eigenvalue weighted by atomic mass is 33.1. The summed E-state index contributed by atoms with van der Waals surface area (Å²) in [5.74, 6) is -21.5. The van der Waals surface area contributed by atoms with Gasteiger partial charge in [0.05, 0.1) is 19.1 Å². The maximum atomic E-state index is 15.7. The summed E-state index contributed by atoms with van der Waals surface area (Å²) in [6, 6.07) is -8.35. The molecule has 0 aliphatic carbocycles. The summed E-state index contributed by atoms with van der Waals surface area (Å²) in [5, 5.41) is 102. The molecule has 2 aliphatic heterocycles. The molecular weight excluding hydrogens is 1820 g/mol. The maximum Gasteiger partial charge on any atom is 0.244 e. The third kappa shape index (κ3) is 44.3. The summed E-state index contributed by atoms with van der Waals surface area (Å²) in [5.41, 5.74) is 40.3. The van der Waals surface area contributed by atoms with E-state index in [9.17, 15) is 33.9 Å². The van der Waals surface area contributed by atoms with E-state index in [4.69, 9.17) is 67.2 Å². The molecule has 2 aliphatic rings. The van der Waals surface area contributed by atoms with Crippen LogP contribution in [0.15, 0.2) is 54.6 Å². The molecule has 0 saturated carbocycles. The Bertz CT molecular complexity index is 4340. The molecule has 0 aromatic heterocycles. The first kappa shape index (κ1) is 114. The van der Waals surface area contributed by atoms with Crippen molar-refractivity contribution >= 4 is 167 Å². The lowest BCUT2D eigenvalue weighted by Gasteiger charge is -2.30. The highest BCUT2D eigenvalue weighted by molar-refractivity contribution is 8.77. The number of fused-ring (bicyclic) bond motifs is 5. The molecule has 40 N–H and O–H groups in total. The average Bonchev–Trinajstić information content (AvgIpc) is 0.843. The number of phenolic OH excluding ortho intramolecular Hbond substituents is 1. The number of hydrogen-bond donors (Lipinski definition) is 33. The number of amides is 16. The monoisotopic (exact) mass is 1950 g/mol. The number of hydrogen-bond acceptors (Lipinski definition) is 27. The first-order valence-electron chi connectivity index (χ1n) is 43.7. The van der Waals surface area contributed by atoms with Gasteiger partial charge in [0, 0.05) is 68.6 Å². The van der Waals surface area contributed by atoms with Crippen molar-refractivity contribution in [3.63, 3.8) is 0 Å². The van der Waals surface area contributed by atoms with Crippen LogP contribution in [-0.4, -0.2) is 283 Å². The number of phenols is 1. The van der Waals surface area contributed by atoms with Gasteiger partial charge >= 0.3 is 0 Å². The maximum absolute atomic E-state index is 15.7. The standard InChI is InChI=1S/C81H134N32O17S4/c1-7-43(6)62-76(130)111-58(74(128)112-61(42(4)5)63(83)117)40-134-132-38-56(108-69(123)52(32-41(2)3)105-65(119)48(19-12-28-95-78(86)87)101-60(116)36-99-59(115)35-100-64(118)47(82)18-11-27-94-77(84)85)73(127)107-54(34-45-23-25-46(114)26-24-45)71(125)109-55-37-131-133-39-57(75(129)113-62)110-70(124)53(33-44-16-9-8-10-17-44)106-68(122)51(22-15-31-98-81(92)93)103-66(120)49(20-13-29-96-79(88)89)102-67(121)50(104-72(55)126)21-14-30-97-80(90)91/h8-10,16-17,23-26,41-43,47-58,61-62,114H,7,11-15,18-22,27-40,82H2,1-6H3,(H2,83,117)(H,99,115)(H,100,118)(H,101,116)(H,102,121)(H,103,120)(H,104,126)(H,105,119)(H,106,122)(H,107,127)(H,108,123)(H,109,125)(H,110,124)(H,111,130)(H,112,128)(H,113,129)(H4,84,85,94)(H4,86,87,95)(H4,88,89,96)(H4,90,91,97)(H4,92,93,98)/t43-,47-,48-,49-,50-,51-,52-,53-,54-,55-,56-,57-,58-,61-,62-/m0/s1. The van der Waals surface area contributed by atoms with Crippen LogP contribution in [0.25, 0.3) is 0 Å². The van der Waals surface area contributed by atoms with Crippen molar-refractivity contribution in [1.29, 1.82) is 27.0 Å². The Balaban J connectivity index is 2.04. The van der Waals surface area contributed by atoms with Crippen molar-refractivity contribution in [3.05, 3.63) is 65.7 Å². The fourth-order valence-corrected chi connectivity index (χ4v) is 17.8. The van der Waals surface area contributed by atoms with Gasteiger partial charge in [-0.25, -0.2) is 0 Å². The van der Waals surface area contributed by atoms with Crippen molar-refractivity contribution in [1.82, 2.24) is 106 Å². The second-order valence-corrected chi connectivity index (χ2v) is 37.7. The Morgan fingerprint density at radius 3 is 1.33 bits per heavy atom. The number of guanidine groups is 5. The zero-order valence-electron chi connectivity index (χ0n) is 75.8. The third-order valence-electron chi connectivity index (χ3n) is 20.7. The number of carbonyl (C=O) groups excluding carboxylic acids is 16. The van der Waals surface area contributed by atoms with Crippen LogP contribution in [0.2, 0.25) is 0 Å². The van der Waals surface area contributed by atoms with E-state index >= 15 is 47.9 Å². The summed E-state index contributed by atoms with van der Waals surface area (Å²) in [6.07, 6.45) is -0.987. The SMILES string of the molecule is CC[C@H](C)[C@@H]1NC(=O)[C@@H]2CSSC[C@H](NC(=O)[C@H](Cc3ccc(O)cc3)NC(=O)[C@@H](NC(=O)[C@H](CC(C)C)NC(=O)[C@H](CCCNC(=N)N)NC(=O)CNC(=O)CNC(=O)[C@@H](N)CCCNC(=N)N)CSSC[C@@H](C(=O)N[C@H](C(N)=O)C(C)C)NC1=O)C(=O)N[C@@H](CCCNC(=N)N)C(=O)N[C@@H](CCCNC(=N)N)C(=O)N[C@@H](CCCNC(=N)N)C(=O)N[C@@H](Cc1ccccc1)C(=O)N2. The first-order valence-corrected chi connectivity index (χ1v) is 48.7. The number of aromatic hydroxyl groups is 1. The number of primary amides is 1. The molecule has 2 bridgehead atoms. The zero-order chi connectivity index (χ0) is 99.7. The molecule has 53 heteroatoms. The largest absolute Gasteiger partial charge is 0.508 e. The van der Waals surface area contributed by atoms with Crippen LogP contribution in [-0.2, 0) is 89.6 Å². The van der Waals surface area contributed by atoms with Crippen molar-refractivity contribution in [3.8, 4) is 5.75 Å². The molecule has 0 radical (unpaired) electrons. The minimum atomic E-state index is -1.79. The molecule has 2 aromatic rings. The smallest absolute Gasteiger partial charge is 0.244 e. The summed E-state index contributed by atoms with van der Waals surface area (Å²) in [6.45, 7) is 8.69. The topological polar surface area (TPSA) is 835 Å². The summed E-state index contributed by atoms with van der Waals surface area (Å²) in [7, 11) is 3.35. The molecule has 2 saturated heterocycles. The Kier molecular flexibility index (Phi) is 51.4. The van der Waals surface area contributed by atoms with E-state index in [0.717, 1.165) is 43.2 Å². The molecule has 0 spiro atoms. The van der Waals surface area contributed by atoms with E-state index in [1.54, 1.807) is 71.9 Å². The van der Waals surface area contributed by atoms with E-state index in [-0.39, 0.29) is 127 Å². The van der Waals surface area contributed by atoms with Gasteiger partial charge < -0.3 is 152 Å². The third-order valence-corrected chi connectivity index (χ3v) is 25.5. The summed E-state index contributed by atoms with van der Waals surface area (Å²) in [4.78, 5) is 235. The van der Waals surface area contributed by atoms with Gasteiger partial charge in [-0.05, 0) is 112 Å². The predicted octanol–water partition coefficient (Wildman–Crippen LogP) is -7.62. The molecular formula is C81H134N32O17S4. The molecule has 744 valence electrons. The van der Waals surface area contributed by atoms with Crippen LogP contribution >= 0.6 is 43.2 Å². The van der Waals surface area contributed by atoms with Gasteiger partial charge in [-0.2, -0.15) is 0 Å². The van der Waals surface area contributed by atoms with Gasteiger partial charge in [0.2, 0.25) is 94.5 Å². The van der Waals surface area contributed by atoms with E-state index in [1.807, 2.05) is 0 Å². The van der Waals surface area contributed by atoms with Crippen molar-refractivity contribution in [2.75, 3.05) is 68.8 Å². The number of benzene rings is 2. The van der Waals surface area contributed by atoms with E-state index in [0.29, 0.717) is 12.0 Å². The number of rotatable bonds is 42. The molecule has 4 rings (SSSR count). The minimum Gasteiger partial charge on any atom is -0.508 e. The van der Waals surface area contributed by atoms with Gasteiger partial charge in [-0.3, -0.25) is 104 Å². The zero-order valence-corrected chi connectivity index (χ0v) is 79.1. The van der Waals surface area contributed by atoms with Gasteiger partial charge in [-0.15, -0.1) is 0 Å². The molecule has 15 atom stereocenters. The Morgan fingerprint density at radius 2 is 0.858 bits per heavy atom. The summed E-state index contributed by atoms with van der Waals surface area (Å²) >= 11 is 0. The molecule has 2 fully saturated rings. The van der Waals surface area contributed by atoms with Crippen molar-refractivity contribution in [2.45, 2.75) is 216 Å². The van der Waals surface area contributed by atoms with Crippen LogP contribution in [0.5, 0.6) is 5.75 Å². The quantitative estimate of drug-likeness (QED) is 0.0127. The number of carbonyl (C=O) groups is 16.